The summed E-state index contributed by atoms with van der Waals surface area (Å²) in [6.07, 6.45) is 1.81. The number of amides is 1. The Kier molecular flexibility index (Phi) is 10.6. The molecule has 0 heterocycles. The molecule has 0 aromatic heterocycles. The number of unbranched alkanes of at least 4 members (excludes halogenated alkanes) is 1. The molecule has 5 heteroatoms. The highest BCUT2D eigenvalue weighted by molar-refractivity contribution is 5.85. The van der Waals surface area contributed by atoms with E-state index in [1.165, 1.54) is 0 Å². The molecular weight excluding hydrogens is 194 g/mol. The Labute approximate surface area is 84.1 Å². The average molecular weight is 210 g/mol. The third kappa shape index (κ3) is 11.2. The maximum absolute atomic E-state index is 10.8. The number of hydrogen-bond donors (Lipinski definition) is 2. The van der Waals surface area contributed by atoms with Crippen molar-refractivity contribution in [1.82, 2.24) is 5.32 Å². The molecule has 78 valence electrons. The lowest BCUT2D eigenvalue weighted by atomic mass is 10.2. The number of hydrogen-bond acceptors (Lipinski definition) is 2. The van der Waals surface area contributed by atoms with Crippen LogP contribution in [0.15, 0.2) is 0 Å². The molecule has 13 heavy (non-hydrogen) atoms. The summed E-state index contributed by atoms with van der Waals surface area (Å²) in [7, 11) is 0. The van der Waals surface area contributed by atoms with Crippen molar-refractivity contribution in [3.05, 3.63) is 0 Å². The van der Waals surface area contributed by atoms with Crippen LogP contribution in [0.4, 0.5) is 0 Å². The van der Waals surface area contributed by atoms with Crippen LogP contribution >= 0.6 is 12.4 Å². The first-order chi connectivity index (χ1) is 5.66. The van der Waals surface area contributed by atoms with E-state index in [-0.39, 0.29) is 24.7 Å². The molecule has 0 saturated carbocycles. The van der Waals surface area contributed by atoms with Crippen molar-refractivity contribution in [2.24, 2.45) is 0 Å². The van der Waals surface area contributed by atoms with Gasteiger partial charge in [-0.25, -0.2) is 0 Å². The van der Waals surface area contributed by atoms with Crippen molar-refractivity contribution >= 4 is 24.3 Å². The van der Waals surface area contributed by atoms with Gasteiger partial charge in [0.1, 0.15) is 0 Å². The maximum atomic E-state index is 10.8. The summed E-state index contributed by atoms with van der Waals surface area (Å²) in [4.78, 5) is 20.9. The van der Waals surface area contributed by atoms with Crippen LogP contribution in [0.5, 0.6) is 0 Å². The first-order valence-electron chi connectivity index (χ1n) is 4.15. The zero-order valence-electron chi connectivity index (χ0n) is 7.71. The summed E-state index contributed by atoms with van der Waals surface area (Å²) in [5.41, 5.74) is 0. The molecule has 0 fully saturated rings. The molecule has 0 aromatic carbocycles. The Morgan fingerprint density at radius 2 is 1.77 bits per heavy atom. The van der Waals surface area contributed by atoms with E-state index in [1.807, 2.05) is 6.92 Å². The van der Waals surface area contributed by atoms with Crippen LogP contribution in [0.1, 0.15) is 32.6 Å². The van der Waals surface area contributed by atoms with Crippen LogP contribution < -0.4 is 5.32 Å². The fourth-order valence-electron chi connectivity index (χ4n) is 0.847. The third-order valence-corrected chi connectivity index (χ3v) is 1.42. The van der Waals surface area contributed by atoms with E-state index < -0.39 is 5.97 Å². The largest absolute Gasteiger partial charge is 0.481 e. The molecule has 1 amide bonds. The van der Waals surface area contributed by atoms with Gasteiger partial charge < -0.3 is 10.4 Å². The van der Waals surface area contributed by atoms with Gasteiger partial charge in [0.05, 0.1) is 0 Å². The van der Waals surface area contributed by atoms with E-state index >= 15 is 0 Å². The lowest BCUT2D eigenvalue weighted by molar-refractivity contribution is -0.137. The number of halogens is 1. The minimum absolute atomic E-state index is 0. The number of carboxylic acid groups (broad SMARTS) is 1. The number of carbonyl (C=O) groups excluding carboxylic acids is 1. The quantitative estimate of drug-likeness (QED) is 0.646. The normalized spacial score (nSPS) is 8.69. The molecule has 0 aromatic rings. The second kappa shape index (κ2) is 9.32. The first-order valence-corrected chi connectivity index (χ1v) is 4.15. The molecule has 0 spiro atoms. The van der Waals surface area contributed by atoms with Gasteiger partial charge in [-0.2, -0.15) is 0 Å². The molecule has 0 aliphatic carbocycles. The molecular formula is C8H16ClNO3. The van der Waals surface area contributed by atoms with Gasteiger partial charge >= 0.3 is 5.97 Å². The number of nitrogens with one attached hydrogen (secondary N) is 1. The number of rotatable bonds is 6. The lowest BCUT2D eigenvalue weighted by Gasteiger charge is -1.99. The second-order valence-corrected chi connectivity index (χ2v) is 2.55. The summed E-state index contributed by atoms with van der Waals surface area (Å²) >= 11 is 0. The molecule has 0 atom stereocenters. The SMILES string of the molecule is CCNC(=O)CCCCC(=O)O.Cl. The van der Waals surface area contributed by atoms with Gasteiger partial charge in [-0.3, -0.25) is 9.59 Å². The number of aliphatic carboxylic acids is 1. The van der Waals surface area contributed by atoms with Crippen molar-refractivity contribution in [3.8, 4) is 0 Å². The van der Waals surface area contributed by atoms with E-state index in [1.54, 1.807) is 0 Å². The summed E-state index contributed by atoms with van der Waals surface area (Å²) < 4.78 is 0. The summed E-state index contributed by atoms with van der Waals surface area (Å²) in [6, 6.07) is 0. The fraction of sp³-hybridized carbons (Fsp3) is 0.750. The van der Waals surface area contributed by atoms with Crippen molar-refractivity contribution in [3.63, 3.8) is 0 Å². The van der Waals surface area contributed by atoms with Gasteiger partial charge in [0.2, 0.25) is 5.91 Å². The van der Waals surface area contributed by atoms with Crippen LogP contribution in [-0.4, -0.2) is 23.5 Å². The Morgan fingerprint density at radius 3 is 2.23 bits per heavy atom. The van der Waals surface area contributed by atoms with Crippen molar-refractivity contribution in [1.29, 1.82) is 0 Å². The predicted molar refractivity (Wildman–Crippen MR) is 52.0 cm³/mol. The Morgan fingerprint density at radius 1 is 1.23 bits per heavy atom. The monoisotopic (exact) mass is 209 g/mol. The Hall–Kier alpha value is -0.770. The number of carboxylic acids is 1. The van der Waals surface area contributed by atoms with Crippen LogP contribution in [0.2, 0.25) is 0 Å². The van der Waals surface area contributed by atoms with Crippen molar-refractivity contribution in [2.75, 3.05) is 6.54 Å². The lowest BCUT2D eigenvalue weighted by Crippen LogP contribution is -2.22. The zero-order chi connectivity index (χ0) is 9.40. The zero-order valence-corrected chi connectivity index (χ0v) is 8.52. The Balaban J connectivity index is 0. The average Bonchev–Trinajstić information content (AvgIpc) is 1.98. The van der Waals surface area contributed by atoms with E-state index in [9.17, 15) is 9.59 Å². The summed E-state index contributed by atoms with van der Waals surface area (Å²) in [6.45, 7) is 2.49. The van der Waals surface area contributed by atoms with Gasteiger partial charge in [0, 0.05) is 19.4 Å². The van der Waals surface area contributed by atoms with Gasteiger partial charge in [-0.05, 0) is 19.8 Å². The van der Waals surface area contributed by atoms with E-state index in [0.29, 0.717) is 25.8 Å². The second-order valence-electron chi connectivity index (χ2n) is 2.55. The standard InChI is InChI=1S/C8H15NO3.ClH/c1-2-9-7(10)5-3-4-6-8(11)12;/h2-6H2,1H3,(H,9,10)(H,11,12);1H. The fourth-order valence-corrected chi connectivity index (χ4v) is 0.847. The van der Waals surface area contributed by atoms with E-state index in [4.69, 9.17) is 5.11 Å². The third-order valence-electron chi connectivity index (χ3n) is 1.42. The molecule has 4 nitrogen and oxygen atoms in total. The topological polar surface area (TPSA) is 66.4 Å². The highest BCUT2D eigenvalue weighted by Gasteiger charge is 2.00. The highest BCUT2D eigenvalue weighted by Crippen LogP contribution is 1.99. The molecule has 0 aliphatic rings. The summed E-state index contributed by atoms with van der Waals surface area (Å²) in [5, 5.41) is 10.9. The van der Waals surface area contributed by atoms with Crippen LogP contribution in [0.25, 0.3) is 0 Å². The Bertz CT molecular complexity index is 161. The van der Waals surface area contributed by atoms with Crippen LogP contribution in [-0.2, 0) is 9.59 Å². The first kappa shape index (κ1) is 14.7. The van der Waals surface area contributed by atoms with Crippen LogP contribution in [0.3, 0.4) is 0 Å². The van der Waals surface area contributed by atoms with Gasteiger partial charge in [-0.15, -0.1) is 12.4 Å². The smallest absolute Gasteiger partial charge is 0.303 e. The molecule has 2 N–H and O–H groups in total. The molecule has 0 bridgehead atoms. The van der Waals surface area contributed by atoms with Crippen molar-refractivity contribution < 1.29 is 14.7 Å². The maximum Gasteiger partial charge on any atom is 0.303 e. The van der Waals surface area contributed by atoms with Crippen molar-refractivity contribution in [2.45, 2.75) is 32.6 Å². The minimum Gasteiger partial charge on any atom is -0.481 e. The van der Waals surface area contributed by atoms with E-state index in [2.05, 4.69) is 5.32 Å². The molecule has 0 aliphatic heterocycles. The molecule has 0 rings (SSSR count). The van der Waals surface area contributed by atoms with Gasteiger partial charge in [-0.1, -0.05) is 0 Å². The minimum atomic E-state index is -0.800. The van der Waals surface area contributed by atoms with Gasteiger partial charge in [0.25, 0.3) is 0 Å². The molecule has 0 unspecified atom stereocenters. The predicted octanol–water partition coefficient (Wildman–Crippen LogP) is 1.19. The van der Waals surface area contributed by atoms with Gasteiger partial charge in [0.15, 0.2) is 0 Å². The summed E-state index contributed by atoms with van der Waals surface area (Å²) in [5.74, 6) is -0.797. The van der Waals surface area contributed by atoms with E-state index in [0.717, 1.165) is 0 Å². The molecule has 0 saturated heterocycles. The number of carbonyl (C=O) groups is 2. The highest BCUT2D eigenvalue weighted by atomic mass is 35.5. The molecule has 0 radical (unpaired) electrons. The van der Waals surface area contributed by atoms with Crippen LogP contribution in [0, 0.1) is 0 Å².